The molecular formula is C59H35N3O2S. The van der Waals surface area contributed by atoms with Crippen molar-refractivity contribution in [2.75, 3.05) is 9.80 Å². The lowest BCUT2D eigenvalue weighted by molar-refractivity contribution is 0.667. The van der Waals surface area contributed by atoms with Crippen molar-refractivity contribution in [2.24, 2.45) is 0 Å². The molecular weight excluding hydrogens is 815 g/mol. The predicted molar refractivity (Wildman–Crippen MR) is 272 cm³/mol. The van der Waals surface area contributed by atoms with Crippen LogP contribution in [0.5, 0.6) is 0 Å². The Hall–Kier alpha value is -8.63. The van der Waals surface area contributed by atoms with Crippen LogP contribution < -0.4 is 9.80 Å². The molecule has 0 aliphatic rings. The smallest absolute Gasteiger partial charge is 0.189 e. The average Bonchev–Trinajstić information content (AvgIpc) is 4.05. The maximum Gasteiger partial charge on any atom is 0.189 e. The minimum Gasteiger partial charge on any atom is -0.456 e. The summed E-state index contributed by atoms with van der Waals surface area (Å²) in [5, 5.41) is 9.07. The minimum absolute atomic E-state index is 0.566. The summed E-state index contributed by atoms with van der Waals surface area (Å²) in [6, 6.07) is 74.2. The largest absolute Gasteiger partial charge is 0.456 e. The van der Waals surface area contributed by atoms with Crippen LogP contribution in [0.3, 0.4) is 0 Å². The van der Waals surface area contributed by atoms with Gasteiger partial charge in [0.1, 0.15) is 16.7 Å². The molecule has 0 spiro atoms. The molecule has 5 nitrogen and oxygen atoms in total. The Morgan fingerprint density at radius 2 is 1.08 bits per heavy atom. The van der Waals surface area contributed by atoms with E-state index in [2.05, 4.69) is 185 Å². The molecule has 3 heterocycles. The molecule has 0 atom stereocenters. The van der Waals surface area contributed by atoms with Crippen molar-refractivity contribution in [3.8, 4) is 11.1 Å². The molecule has 304 valence electrons. The molecule has 0 radical (unpaired) electrons. The highest BCUT2D eigenvalue weighted by atomic mass is 32.1. The number of furan rings is 2. The molecule has 13 aromatic rings. The van der Waals surface area contributed by atoms with Gasteiger partial charge >= 0.3 is 0 Å². The first kappa shape index (κ1) is 37.0. The minimum atomic E-state index is 0.566. The molecule has 0 unspecified atom stereocenters. The van der Waals surface area contributed by atoms with Gasteiger partial charge in [0.15, 0.2) is 11.3 Å². The molecule has 0 saturated carbocycles. The maximum absolute atomic E-state index is 7.95. The number of hydrogen-bond donors (Lipinski definition) is 0. The SMILES string of the molecule is [C-]#[N+]c1cccc(N(c2ccccc2)c2cc(N(c3ccccc3)c3ccc4c(c3)oc3ccccc34)c3oc4ccc(-c5c6ccccc6cc6c5sc5ccccc56)cc4c3c2)c1. The van der Waals surface area contributed by atoms with Crippen molar-refractivity contribution >= 4 is 126 Å². The lowest BCUT2D eigenvalue weighted by Crippen LogP contribution is -2.13. The van der Waals surface area contributed by atoms with E-state index in [0.29, 0.717) is 5.69 Å². The van der Waals surface area contributed by atoms with E-state index in [4.69, 9.17) is 15.4 Å². The first-order valence-electron chi connectivity index (χ1n) is 21.6. The van der Waals surface area contributed by atoms with Gasteiger partial charge < -0.3 is 18.6 Å². The molecule has 3 aromatic heterocycles. The number of thiophene rings is 1. The standard InChI is InChI=1S/C59H35N3O2S/c1-60-39-16-14-21-42(33-39)61(40-17-4-2-5-18-40)44-34-50-49-32-38(57-45-22-9-8-15-37(45)31-51-48-24-11-13-26-56(48)65-59(51)57)27-30-54(49)64-58(50)52(35-44)62(41-19-6-3-7-20-41)43-28-29-47-46-23-10-12-25-53(46)63-55(47)36-43/h2-36H. The summed E-state index contributed by atoms with van der Waals surface area (Å²) in [5.74, 6) is 0. The summed E-state index contributed by atoms with van der Waals surface area (Å²) in [5.41, 5.74) is 11.6. The summed E-state index contributed by atoms with van der Waals surface area (Å²) in [6.07, 6.45) is 0. The highest BCUT2D eigenvalue weighted by molar-refractivity contribution is 7.26. The first-order chi connectivity index (χ1) is 32.2. The number of benzene rings is 10. The molecule has 10 aromatic carbocycles. The van der Waals surface area contributed by atoms with Crippen molar-refractivity contribution < 1.29 is 8.83 Å². The zero-order chi connectivity index (χ0) is 43.0. The van der Waals surface area contributed by atoms with E-state index in [9.17, 15) is 0 Å². The normalized spacial score (nSPS) is 11.7. The van der Waals surface area contributed by atoms with Gasteiger partial charge in [-0.25, -0.2) is 4.85 Å². The monoisotopic (exact) mass is 849 g/mol. The Morgan fingerprint density at radius 1 is 0.400 bits per heavy atom. The van der Waals surface area contributed by atoms with Crippen molar-refractivity contribution in [1.29, 1.82) is 0 Å². The summed E-state index contributed by atoms with van der Waals surface area (Å²) in [4.78, 5) is 8.34. The van der Waals surface area contributed by atoms with Gasteiger partial charge in [-0.15, -0.1) is 11.3 Å². The van der Waals surface area contributed by atoms with Gasteiger partial charge in [0.05, 0.1) is 17.9 Å². The fourth-order valence-corrected chi connectivity index (χ4v) is 11.0. The summed E-state index contributed by atoms with van der Waals surface area (Å²) in [6.45, 7) is 7.95. The fraction of sp³-hybridized carbons (Fsp3) is 0. The second-order valence-electron chi connectivity index (χ2n) is 16.4. The Labute approximate surface area is 377 Å². The lowest BCUT2D eigenvalue weighted by atomic mass is 9.94. The molecule has 0 aliphatic heterocycles. The van der Waals surface area contributed by atoms with Crippen molar-refractivity contribution in [1.82, 2.24) is 0 Å². The fourth-order valence-electron chi connectivity index (χ4n) is 9.69. The third kappa shape index (κ3) is 5.98. The van der Waals surface area contributed by atoms with Gasteiger partial charge in [-0.3, -0.25) is 0 Å². The Balaban J connectivity index is 1.12. The highest BCUT2D eigenvalue weighted by Crippen LogP contribution is 2.50. The van der Waals surface area contributed by atoms with Crippen LogP contribution in [0.4, 0.5) is 39.8 Å². The lowest BCUT2D eigenvalue weighted by Gasteiger charge is -2.29. The quantitative estimate of drug-likeness (QED) is 0.150. The number of nitrogens with zero attached hydrogens (tertiary/aromatic N) is 3. The molecule has 0 aliphatic carbocycles. The average molecular weight is 850 g/mol. The van der Waals surface area contributed by atoms with Crippen LogP contribution in [0.25, 0.3) is 90.8 Å². The topological polar surface area (TPSA) is 37.1 Å². The molecule has 0 saturated heterocycles. The van der Waals surface area contributed by atoms with Crippen LogP contribution in [0.1, 0.15) is 0 Å². The number of hydrogen-bond acceptors (Lipinski definition) is 5. The summed E-state index contributed by atoms with van der Waals surface area (Å²) >= 11 is 1.85. The van der Waals surface area contributed by atoms with Crippen LogP contribution in [0, 0.1) is 6.57 Å². The van der Waals surface area contributed by atoms with E-state index in [1.807, 2.05) is 53.8 Å². The zero-order valence-electron chi connectivity index (χ0n) is 34.8. The Bertz CT molecular complexity index is 4050. The van der Waals surface area contributed by atoms with Crippen LogP contribution in [-0.2, 0) is 0 Å². The van der Waals surface area contributed by atoms with Crippen molar-refractivity contribution in [2.45, 2.75) is 0 Å². The molecule has 0 bridgehead atoms. The van der Waals surface area contributed by atoms with E-state index in [-0.39, 0.29) is 0 Å². The summed E-state index contributed by atoms with van der Waals surface area (Å²) < 4.78 is 16.2. The van der Waals surface area contributed by atoms with Gasteiger partial charge in [-0.05, 0) is 107 Å². The van der Waals surface area contributed by atoms with Crippen LogP contribution >= 0.6 is 11.3 Å². The summed E-state index contributed by atoms with van der Waals surface area (Å²) in [7, 11) is 0. The molecule has 65 heavy (non-hydrogen) atoms. The van der Waals surface area contributed by atoms with E-state index in [0.717, 1.165) is 83.6 Å². The third-order valence-electron chi connectivity index (χ3n) is 12.6. The van der Waals surface area contributed by atoms with E-state index in [1.54, 1.807) is 0 Å². The third-order valence-corrected chi connectivity index (χ3v) is 13.8. The van der Waals surface area contributed by atoms with Gasteiger partial charge in [0.25, 0.3) is 0 Å². The van der Waals surface area contributed by atoms with E-state index in [1.165, 1.54) is 36.5 Å². The van der Waals surface area contributed by atoms with E-state index < -0.39 is 0 Å². The van der Waals surface area contributed by atoms with Crippen LogP contribution in [-0.4, -0.2) is 0 Å². The molecule has 0 fully saturated rings. The predicted octanol–water partition coefficient (Wildman–Crippen LogP) is 18.2. The van der Waals surface area contributed by atoms with Gasteiger partial charge in [-0.1, -0.05) is 115 Å². The zero-order valence-corrected chi connectivity index (χ0v) is 35.6. The Kier molecular flexibility index (Phi) is 8.39. The second kappa shape index (κ2) is 14.7. The molecule has 0 amide bonds. The molecule has 6 heteroatoms. The van der Waals surface area contributed by atoms with Gasteiger partial charge in [-0.2, -0.15) is 0 Å². The maximum atomic E-state index is 7.95. The van der Waals surface area contributed by atoms with Crippen molar-refractivity contribution in [3.05, 3.63) is 224 Å². The van der Waals surface area contributed by atoms with Crippen molar-refractivity contribution in [3.63, 3.8) is 0 Å². The van der Waals surface area contributed by atoms with Crippen LogP contribution in [0.15, 0.2) is 221 Å². The number of para-hydroxylation sites is 3. The number of anilines is 6. The number of fused-ring (bicyclic) bond motifs is 10. The first-order valence-corrected chi connectivity index (χ1v) is 22.4. The van der Waals surface area contributed by atoms with Gasteiger partial charge in [0, 0.05) is 76.1 Å². The van der Waals surface area contributed by atoms with Crippen LogP contribution in [0.2, 0.25) is 0 Å². The second-order valence-corrected chi connectivity index (χ2v) is 17.4. The number of rotatable bonds is 7. The highest BCUT2D eigenvalue weighted by Gasteiger charge is 2.25. The molecule has 13 rings (SSSR count). The van der Waals surface area contributed by atoms with E-state index >= 15 is 0 Å². The van der Waals surface area contributed by atoms with Gasteiger partial charge in [0.2, 0.25) is 0 Å². The Morgan fingerprint density at radius 3 is 1.91 bits per heavy atom. The molecule has 0 N–H and O–H groups in total.